The van der Waals surface area contributed by atoms with Crippen LogP contribution in [0, 0.1) is 0 Å². The Bertz CT molecular complexity index is 1270. The molecule has 0 saturated heterocycles. The zero-order chi connectivity index (χ0) is 18.9. The number of hydrogen-bond acceptors (Lipinski definition) is 7. The van der Waals surface area contributed by atoms with Crippen LogP contribution in [0.2, 0.25) is 0 Å². The van der Waals surface area contributed by atoms with Crippen LogP contribution in [0.3, 0.4) is 0 Å². The normalized spacial score (nSPS) is 11.3. The van der Waals surface area contributed by atoms with E-state index in [9.17, 15) is 4.79 Å². The van der Waals surface area contributed by atoms with Gasteiger partial charge in [0.1, 0.15) is 5.58 Å². The maximum absolute atomic E-state index is 12.3. The average Bonchev–Trinajstić information content (AvgIpc) is 3.47. The standard InChI is InChI=1S/C21H14N2O5/c24-19(27-12-18-22-23-21(28-18)17-6-3-9-25-17)10-14-11-26-16-8-7-13-4-1-2-5-15(13)20(14)16/h1-9,11H,10,12H2. The van der Waals surface area contributed by atoms with E-state index in [0.717, 1.165) is 27.3 Å². The Morgan fingerprint density at radius 1 is 1.00 bits per heavy atom. The maximum atomic E-state index is 12.3. The van der Waals surface area contributed by atoms with Crippen molar-refractivity contribution < 1.29 is 22.8 Å². The number of benzene rings is 2. The molecule has 0 aliphatic carbocycles. The topological polar surface area (TPSA) is 91.5 Å². The molecule has 5 aromatic rings. The summed E-state index contributed by atoms with van der Waals surface area (Å²) in [5.41, 5.74) is 1.51. The second kappa shape index (κ2) is 6.70. The molecule has 0 N–H and O–H groups in total. The highest BCUT2D eigenvalue weighted by Gasteiger charge is 2.16. The number of nitrogens with zero attached hydrogens (tertiary/aromatic N) is 2. The first-order valence-electron chi connectivity index (χ1n) is 8.67. The quantitative estimate of drug-likeness (QED) is 0.418. The number of esters is 1. The molecule has 0 fully saturated rings. The van der Waals surface area contributed by atoms with E-state index in [0.29, 0.717) is 5.76 Å². The van der Waals surface area contributed by atoms with Crippen LogP contribution >= 0.6 is 0 Å². The van der Waals surface area contributed by atoms with Gasteiger partial charge in [-0.1, -0.05) is 30.3 Å². The van der Waals surface area contributed by atoms with Crippen molar-refractivity contribution in [1.82, 2.24) is 10.2 Å². The molecule has 5 rings (SSSR count). The molecule has 7 heteroatoms. The lowest BCUT2D eigenvalue weighted by Gasteiger charge is -2.03. The van der Waals surface area contributed by atoms with Gasteiger partial charge in [-0.3, -0.25) is 4.79 Å². The fraction of sp³-hybridized carbons (Fsp3) is 0.0952. The van der Waals surface area contributed by atoms with Crippen LogP contribution in [0.1, 0.15) is 11.5 Å². The van der Waals surface area contributed by atoms with Crippen molar-refractivity contribution in [1.29, 1.82) is 0 Å². The molecule has 0 aliphatic heterocycles. The van der Waals surface area contributed by atoms with Gasteiger partial charge in [-0.05, 0) is 29.0 Å². The third-order valence-electron chi connectivity index (χ3n) is 4.43. The molecule has 0 aliphatic rings. The number of carbonyl (C=O) groups is 1. The highest BCUT2D eigenvalue weighted by molar-refractivity contribution is 6.08. The number of ether oxygens (including phenoxy) is 1. The summed E-state index contributed by atoms with van der Waals surface area (Å²) in [7, 11) is 0. The number of aromatic nitrogens is 2. The second-order valence-corrected chi connectivity index (χ2v) is 6.24. The van der Waals surface area contributed by atoms with Crippen LogP contribution in [0.15, 0.2) is 74.3 Å². The van der Waals surface area contributed by atoms with Crippen molar-refractivity contribution in [3.8, 4) is 11.7 Å². The van der Waals surface area contributed by atoms with Gasteiger partial charge in [-0.2, -0.15) is 0 Å². The minimum atomic E-state index is -0.409. The number of hydrogen-bond donors (Lipinski definition) is 0. The number of rotatable bonds is 5. The Morgan fingerprint density at radius 3 is 2.82 bits per heavy atom. The fourth-order valence-electron chi connectivity index (χ4n) is 3.17. The molecule has 0 amide bonds. The first-order valence-corrected chi connectivity index (χ1v) is 8.67. The van der Waals surface area contributed by atoms with Gasteiger partial charge in [0.15, 0.2) is 12.4 Å². The van der Waals surface area contributed by atoms with Crippen molar-refractivity contribution in [3.05, 3.63) is 72.5 Å². The van der Waals surface area contributed by atoms with E-state index in [1.807, 2.05) is 36.4 Å². The molecular formula is C21H14N2O5. The SMILES string of the molecule is O=C(Cc1coc2ccc3ccccc3c12)OCc1nnc(-c2ccco2)o1. The van der Waals surface area contributed by atoms with Gasteiger partial charge < -0.3 is 18.0 Å². The van der Waals surface area contributed by atoms with E-state index in [4.69, 9.17) is 18.0 Å². The molecule has 3 aromatic heterocycles. The first-order chi connectivity index (χ1) is 13.8. The van der Waals surface area contributed by atoms with Crippen molar-refractivity contribution in [2.45, 2.75) is 13.0 Å². The molecular weight excluding hydrogens is 360 g/mol. The van der Waals surface area contributed by atoms with Gasteiger partial charge in [0, 0.05) is 10.9 Å². The zero-order valence-corrected chi connectivity index (χ0v) is 14.6. The van der Waals surface area contributed by atoms with E-state index in [2.05, 4.69) is 10.2 Å². The number of furan rings is 2. The average molecular weight is 374 g/mol. The van der Waals surface area contributed by atoms with E-state index >= 15 is 0 Å². The molecule has 7 nitrogen and oxygen atoms in total. The van der Waals surface area contributed by atoms with Crippen LogP contribution in [0.5, 0.6) is 0 Å². The number of carbonyl (C=O) groups excluding carboxylic acids is 1. The fourth-order valence-corrected chi connectivity index (χ4v) is 3.17. The Balaban J connectivity index is 1.32. The highest BCUT2D eigenvalue weighted by Crippen LogP contribution is 2.30. The lowest BCUT2D eigenvalue weighted by Crippen LogP contribution is -2.08. The summed E-state index contributed by atoms with van der Waals surface area (Å²) in [6, 6.07) is 15.3. The van der Waals surface area contributed by atoms with Crippen molar-refractivity contribution in [2.24, 2.45) is 0 Å². The van der Waals surface area contributed by atoms with Crippen LogP contribution in [-0.2, 0) is 22.6 Å². The first kappa shape index (κ1) is 16.3. The molecule has 0 atom stereocenters. The summed E-state index contributed by atoms with van der Waals surface area (Å²) in [6.45, 7) is -0.108. The lowest BCUT2D eigenvalue weighted by molar-refractivity contribution is -0.144. The summed E-state index contributed by atoms with van der Waals surface area (Å²) in [6.07, 6.45) is 3.19. The van der Waals surface area contributed by atoms with Crippen LogP contribution in [0.4, 0.5) is 0 Å². The largest absolute Gasteiger partial charge is 0.464 e. The molecule has 3 heterocycles. The van der Waals surface area contributed by atoms with Gasteiger partial charge in [0.25, 0.3) is 11.8 Å². The van der Waals surface area contributed by atoms with E-state index in [-0.39, 0.29) is 24.8 Å². The van der Waals surface area contributed by atoms with E-state index in [1.54, 1.807) is 18.4 Å². The molecule has 0 radical (unpaired) electrons. The zero-order valence-electron chi connectivity index (χ0n) is 14.6. The molecule has 28 heavy (non-hydrogen) atoms. The Hall–Kier alpha value is -3.87. The van der Waals surface area contributed by atoms with Gasteiger partial charge in [0.05, 0.1) is 18.9 Å². The molecule has 2 aromatic carbocycles. The predicted molar refractivity (Wildman–Crippen MR) is 99.2 cm³/mol. The summed E-state index contributed by atoms with van der Waals surface area (Å²) in [5.74, 6) is 0.487. The molecule has 138 valence electrons. The Morgan fingerprint density at radius 2 is 1.93 bits per heavy atom. The molecule has 0 unspecified atom stereocenters. The smallest absolute Gasteiger partial charge is 0.310 e. The van der Waals surface area contributed by atoms with E-state index in [1.165, 1.54) is 6.26 Å². The third-order valence-corrected chi connectivity index (χ3v) is 4.43. The van der Waals surface area contributed by atoms with Crippen LogP contribution < -0.4 is 0 Å². The molecule has 0 saturated carbocycles. The monoisotopic (exact) mass is 374 g/mol. The Kier molecular flexibility index (Phi) is 3.90. The summed E-state index contributed by atoms with van der Waals surface area (Å²) >= 11 is 0. The maximum Gasteiger partial charge on any atom is 0.310 e. The lowest BCUT2D eigenvalue weighted by atomic mass is 10.0. The minimum Gasteiger partial charge on any atom is -0.464 e. The van der Waals surface area contributed by atoms with Gasteiger partial charge in [-0.25, -0.2) is 0 Å². The third kappa shape index (κ3) is 2.92. The van der Waals surface area contributed by atoms with Crippen molar-refractivity contribution in [3.63, 3.8) is 0 Å². The van der Waals surface area contributed by atoms with Crippen LogP contribution in [0.25, 0.3) is 33.4 Å². The van der Waals surface area contributed by atoms with Gasteiger partial charge in [-0.15, -0.1) is 10.2 Å². The summed E-state index contributed by atoms with van der Waals surface area (Å²) < 4.78 is 21.5. The predicted octanol–water partition coefficient (Wildman–Crippen LogP) is 4.51. The minimum absolute atomic E-state index is 0.0835. The van der Waals surface area contributed by atoms with Gasteiger partial charge >= 0.3 is 5.97 Å². The van der Waals surface area contributed by atoms with Crippen LogP contribution in [-0.4, -0.2) is 16.2 Å². The van der Waals surface area contributed by atoms with Crippen molar-refractivity contribution >= 4 is 27.7 Å². The van der Waals surface area contributed by atoms with Crippen molar-refractivity contribution in [2.75, 3.05) is 0 Å². The number of fused-ring (bicyclic) bond motifs is 3. The van der Waals surface area contributed by atoms with Gasteiger partial charge in [0.2, 0.25) is 0 Å². The summed E-state index contributed by atoms with van der Waals surface area (Å²) in [5, 5.41) is 10.8. The Labute approximate surface area is 158 Å². The molecule has 0 spiro atoms. The van der Waals surface area contributed by atoms with E-state index < -0.39 is 5.97 Å². The second-order valence-electron chi connectivity index (χ2n) is 6.24. The molecule has 0 bridgehead atoms. The highest BCUT2D eigenvalue weighted by atomic mass is 16.5. The summed E-state index contributed by atoms with van der Waals surface area (Å²) in [4.78, 5) is 12.3.